The molecule has 0 saturated carbocycles. The lowest BCUT2D eigenvalue weighted by Gasteiger charge is -2.13. The van der Waals surface area contributed by atoms with E-state index in [4.69, 9.17) is 23.2 Å². The molecule has 0 spiro atoms. The summed E-state index contributed by atoms with van der Waals surface area (Å²) >= 11 is 6.03. The van der Waals surface area contributed by atoms with Gasteiger partial charge >= 0.3 is 6.18 Å². The van der Waals surface area contributed by atoms with Gasteiger partial charge < -0.3 is 11.6 Å². The fourth-order valence-corrected chi connectivity index (χ4v) is 2.10. The standard InChI is InChI=1S/C14H11ClF3N3/c15-11-4-2-1-3-9(11)13(21-20)10-7-8(14(16,17)18)5-6-12(10)19/h1-7H,19-20H2. The zero-order chi connectivity index (χ0) is 15.6. The molecule has 0 unspecified atom stereocenters. The van der Waals surface area contributed by atoms with E-state index in [-0.39, 0.29) is 17.0 Å². The molecule has 0 aliphatic rings. The van der Waals surface area contributed by atoms with Crippen molar-refractivity contribution >= 4 is 23.0 Å². The maximum Gasteiger partial charge on any atom is 0.416 e. The van der Waals surface area contributed by atoms with Gasteiger partial charge in [-0.15, -0.1) is 0 Å². The van der Waals surface area contributed by atoms with Crippen molar-refractivity contribution in [2.24, 2.45) is 10.9 Å². The smallest absolute Gasteiger partial charge is 0.398 e. The molecule has 0 saturated heterocycles. The summed E-state index contributed by atoms with van der Waals surface area (Å²) < 4.78 is 38.4. The minimum absolute atomic E-state index is 0.0837. The summed E-state index contributed by atoms with van der Waals surface area (Å²) in [5.41, 5.74) is 5.64. The predicted octanol–water partition coefficient (Wildman–Crippen LogP) is 3.65. The molecule has 0 aliphatic carbocycles. The Morgan fingerprint density at radius 2 is 1.71 bits per heavy atom. The van der Waals surface area contributed by atoms with Crippen LogP contribution >= 0.6 is 11.6 Å². The lowest BCUT2D eigenvalue weighted by molar-refractivity contribution is -0.137. The summed E-state index contributed by atoms with van der Waals surface area (Å²) in [5, 5.41) is 3.88. The number of nitrogens with zero attached hydrogens (tertiary/aromatic N) is 1. The van der Waals surface area contributed by atoms with Crippen LogP contribution in [-0.4, -0.2) is 5.71 Å². The minimum Gasteiger partial charge on any atom is -0.398 e. The molecule has 0 bridgehead atoms. The van der Waals surface area contributed by atoms with Crippen molar-refractivity contribution in [3.63, 3.8) is 0 Å². The van der Waals surface area contributed by atoms with Gasteiger partial charge in [-0.1, -0.05) is 29.8 Å². The molecule has 2 aromatic carbocycles. The highest BCUT2D eigenvalue weighted by molar-refractivity contribution is 6.35. The van der Waals surface area contributed by atoms with Crippen molar-refractivity contribution in [2.75, 3.05) is 5.73 Å². The quantitative estimate of drug-likeness (QED) is 0.385. The van der Waals surface area contributed by atoms with Gasteiger partial charge in [-0.25, -0.2) is 0 Å². The van der Waals surface area contributed by atoms with Crippen molar-refractivity contribution in [2.45, 2.75) is 6.18 Å². The van der Waals surface area contributed by atoms with Gasteiger partial charge in [-0.05, 0) is 24.3 Å². The number of anilines is 1. The average Bonchev–Trinajstić information content (AvgIpc) is 2.42. The second-order valence-electron chi connectivity index (χ2n) is 4.26. The Balaban J connectivity index is 2.62. The van der Waals surface area contributed by atoms with Crippen molar-refractivity contribution in [1.82, 2.24) is 0 Å². The van der Waals surface area contributed by atoms with Crippen LogP contribution in [-0.2, 0) is 6.18 Å². The second kappa shape index (κ2) is 5.65. The van der Waals surface area contributed by atoms with Gasteiger partial charge in [0.1, 0.15) is 5.71 Å². The highest BCUT2D eigenvalue weighted by Crippen LogP contribution is 2.32. The van der Waals surface area contributed by atoms with Gasteiger partial charge in [0, 0.05) is 16.8 Å². The second-order valence-corrected chi connectivity index (χ2v) is 4.66. The first kappa shape index (κ1) is 15.2. The molecule has 0 fully saturated rings. The first-order chi connectivity index (χ1) is 9.84. The number of alkyl halides is 3. The molecule has 0 heterocycles. The highest BCUT2D eigenvalue weighted by Gasteiger charge is 2.31. The highest BCUT2D eigenvalue weighted by atomic mass is 35.5. The fraction of sp³-hybridized carbons (Fsp3) is 0.0714. The maximum atomic E-state index is 12.8. The third-order valence-corrected chi connectivity index (χ3v) is 3.22. The monoisotopic (exact) mass is 313 g/mol. The van der Waals surface area contributed by atoms with Crippen molar-refractivity contribution in [1.29, 1.82) is 0 Å². The first-order valence-electron chi connectivity index (χ1n) is 5.84. The molecule has 0 aromatic heterocycles. The van der Waals surface area contributed by atoms with E-state index in [9.17, 15) is 13.2 Å². The number of halogens is 4. The molecule has 4 N–H and O–H groups in total. The Kier molecular flexibility index (Phi) is 4.09. The molecule has 2 rings (SSSR count). The van der Waals surface area contributed by atoms with E-state index in [2.05, 4.69) is 5.10 Å². The molecule has 0 atom stereocenters. The van der Waals surface area contributed by atoms with Crippen LogP contribution < -0.4 is 11.6 Å². The fourth-order valence-electron chi connectivity index (χ4n) is 1.88. The van der Waals surface area contributed by atoms with E-state index in [1.54, 1.807) is 24.3 Å². The average molecular weight is 314 g/mol. The molecule has 3 nitrogen and oxygen atoms in total. The van der Waals surface area contributed by atoms with Crippen LogP contribution in [0.4, 0.5) is 18.9 Å². The SMILES string of the molecule is NN=C(c1cc(C(F)(F)F)ccc1N)c1ccccc1Cl. The number of nitrogens with two attached hydrogens (primary N) is 2. The molecule has 0 radical (unpaired) electrons. The van der Waals surface area contributed by atoms with Gasteiger partial charge in [0.05, 0.1) is 10.6 Å². The number of hydrazone groups is 1. The Morgan fingerprint density at radius 3 is 2.29 bits per heavy atom. The molecule has 21 heavy (non-hydrogen) atoms. The number of benzene rings is 2. The summed E-state index contributed by atoms with van der Waals surface area (Å²) in [7, 11) is 0. The van der Waals surface area contributed by atoms with Crippen molar-refractivity contribution in [3.05, 3.63) is 64.2 Å². The van der Waals surface area contributed by atoms with E-state index in [0.29, 0.717) is 10.6 Å². The molecule has 2 aromatic rings. The molecule has 110 valence electrons. The lowest BCUT2D eigenvalue weighted by atomic mass is 9.98. The van der Waals surface area contributed by atoms with Crippen LogP contribution in [0.3, 0.4) is 0 Å². The number of hydrogen-bond donors (Lipinski definition) is 2. The third kappa shape index (κ3) is 3.11. The maximum absolute atomic E-state index is 12.8. The summed E-state index contributed by atoms with van der Waals surface area (Å²) in [5.74, 6) is 5.33. The summed E-state index contributed by atoms with van der Waals surface area (Å²) in [6.45, 7) is 0. The molecular weight excluding hydrogens is 303 g/mol. The van der Waals surface area contributed by atoms with Crippen LogP contribution in [0.5, 0.6) is 0 Å². The molecular formula is C14H11ClF3N3. The van der Waals surface area contributed by atoms with Gasteiger partial charge in [-0.2, -0.15) is 18.3 Å². The Labute approximate surface area is 124 Å². The zero-order valence-corrected chi connectivity index (χ0v) is 11.4. The number of nitrogen functional groups attached to an aromatic ring is 1. The molecule has 0 aliphatic heterocycles. The van der Waals surface area contributed by atoms with Crippen LogP contribution in [0.15, 0.2) is 47.6 Å². The number of hydrogen-bond acceptors (Lipinski definition) is 3. The van der Waals surface area contributed by atoms with Gasteiger partial charge in [-0.3, -0.25) is 0 Å². The normalized spacial score (nSPS) is 12.5. The van der Waals surface area contributed by atoms with Crippen molar-refractivity contribution in [3.8, 4) is 0 Å². The third-order valence-electron chi connectivity index (χ3n) is 2.89. The van der Waals surface area contributed by atoms with Crippen LogP contribution in [0.25, 0.3) is 0 Å². The number of rotatable bonds is 2. The van der Waals surface area contributed by atoms with Gasteiger partial charge in [0.15, 0.2) is 0 Å². The summed E-state index contributed by atoms with van der Waals surface area (Å²) in [6.07, 6.45) is -4.48. The largest absolute Gasteiger partial charge is 0.416 e. The summed E-state index contributed by atoms with van der Waals surface area (Å²) in [6, 6.07) is 9.54. The summed E-state index contributed by atoms with van der Waals surface area (Å²) in [4.78, 5) is 0. The minimum atomic E-state index is -4.48. The topological polar surface area (TPSA) is 64.4 Å². The lowest BCUT2D eigenvalue weighted by Crippen LogP contribution is -2.13. The van der Waals surface area contributed by atoms with E-state index < -0.39 is 11.7 Å². The van der Waals surface area contributed by atoms with E-state index in [1.807, 2.05) is 0 Å². The molecule has 0 amide bonds. The van der Waals surface area contributed by atoms with Gasteiger partial charge in [0.2, 0.25) is 0 Å². The predicted molar refractivity (Wildman–Crippen MR) is 77.1 cm³/mol. The van der Waals surface area contributed by atoms with E-state index in [1.165, 1.54) is 6.07 Å². The van der Waals surface area contributed by atoms with Crippen LogP contribution in [0, 0.1) is 0 Å². The van der Waals surface area contributed by atoms with Gasteiger partial charge in [0.25, 0.3) is 0 Å². The van der Waals surface area contributed by atoms with Crippen molar-refractivity contribution < 1.29 is 13.2 Å². The Morgan fingerprint density at radius 1 is 1.05 bits per heavy atom. The van der Waals surface area contributed by atoms with Crippen LogP contribution in [0.1, 0.15) is 16.7 Å². The molecule has 7 heteroatoms. The Hall–Kier alpha value is -2.21. The zero-order valence-electron chi connectivity index (χ0n) is 10.7. The first-order valence-corrected chi connectivity index (χ1v) is 6.22. The van der Waals surface area contributed by atoms with Crippen LogP contribution in [0.2, 0.25) is 5.02 Å². The van der Waals surface area contributed by atoms with E-state index >= 15 is 0 Å². The Bertz CT molecular complexity index is 696. The van der Waals surface area contributed by atoms with E-state index in [0.717, 1.165) is 12.1 Å².